The zero-order valence-corrected chi connectivity index (χ0v) is 10.4. The van der Waals surface area contributed by atoms with E-state index in [4.69, 9.17) is 0 Å². The zero-order valence-electron chi connectivity index (χ0n) is 10.4. The van der Waals surface area contributed by atoms with Gasteiger partial charge in [-0.05, 0) is 23.3 Å². The molecule has 0 amide bonds. The summed E-state index contributed by atoms with van der Waals surface area (Å²) in [6.45, 7) is 4.63. The number of rotatable bonds is 5. The summed E-state index contributed by atoms with van der Waals surface area (Å²) in [7, 11) is 1.32. The highest BCUT2D eigenvalue weighted by atomic mass is 19.1. The summed E-state index contributed by atoms with van der Waals surface area (Å²) in [5.41, 5.74) is 1.47. The maximum atomic E-state index is 13.3. The smallest absolute Gasteiger partial charge is 0.309 e. The molecule has 0 aliphatic rings. The molecule has 0 unspecified atom stereocenters. The standard InChI is InChI=1S/C13H18FNO2/c1-9(2)15-8-11-4-10(5-12(14)6-11)7-13(16)17-3/h4-6,9,15H,7-8H2,1-3H3. The molecular weight excluding hydrogens is 221 g/mol. The van der Waals surface area contributed by atoms with E-state index in [9.17, 15) is 9.18 Å². The van der Waals surface area contributed by atoms with Crippen molar-refractivity contribution in [2.45, 2.75) is 32.9 Å². The third kappa shape index (κ3) is 4.95. The van der Waals surface area contributed by atoms with E-state index in [0.29, 0.717) is 18.2 Å². The molecule has 0 aliphatic carbocycles. The van der Waals surface area contributed by atoms with Crippen LogP contribution in [-0.4, -0.2) is 19.1 Å². The third-order valence-corrected chi connectivity index (χ3v) is 2.31. The van der Waals surface area contributed by atoms with E-state index in [0.717, 1.165) is 5.56 Å². The van der Waals surface area contributed by atoms with E-state index in [1.165, 1.54) is 19.2 Å². The summed E-state index contributed by atoms with van der Waals surface area (Å²) in [4.78, 5) is 11.1. The van der Waals surface area contributed by atoms with Crippen LogP contribution in [0.15, 0.2) is 18.2 Å². The predicted molar refractivity (Wildman–Crippen MR) is 64.1 cm³/mol. The molecule has 0 spiro atoms. The second kappa shape index (κ2) is 6.35. The predicted octanol–water partition coefficient (Wildman–Crippen LogP) is 2.04. The molecule has 1 aromatic rings. The Balaban J connectivity index is 2.75. The molecule has 1 rings (SSSR count). The van der Waals surface area contributed by atoms with Crippen molar-refractivity contribution >= 4 is 5.97 Å². The normalized spacial score (nSPS) is 10.6. The van der Waals surface area contributed by atoms with Crippen LogP contribution < -0.4 is 5.32 Å². The number of hydrogen-bond acceptors (Lipinski definition) is 3. The van der Waals surface area contributed by atoms with Crippen LogP contribution in [-0.2, 0) is 22.5 Å². The molecule has 0 bridgehead atoms. The molecule has 4 heteroatoms. The highest BCUT2D eigenvalue weighted by Crippen LogP contribution is 2.10. The Morgan fingerprint density at radius 2 is 2.00 bits per heavy atom. The Morgan fingerprint density at radius 3 is 2.59 bits per heavy atom. The second-order valence-corrected chi connectivity index (χ2v) is 4.26. The molecule has 3 nitrogen and oxygen atoms in total. The summed E-state index contributed by atoms with van der Waals surface area (Å²) >= 11 is 0. The van der Waals surface area contributed by atoms with Crippen molar-refractivity contribution in [2.24, 2.45) is 0 Å². The number of benzene rings is 1. The lowest BCUT2D eigenvalue weighted by Gasteiger charge is -2.09. The molecule has 0 saturated heterocycles. The summed E-state index contributed by atoms with van der Waals surface area (Å²) in [5, 5.41) is 3.20. The summed E-state index contributed by atoms with van der Waals surface area (Å²) in [6, 6.07) is 4.98. The lowest BCUT2D eigenvalue weighted by atomic mass is 10.1. The average molecular weight is 239 g/mol. The fourth-order valence-corrected chi connectivity index (χ4v) is 1.48. The van der Waals surface area contributed by atoms with Gasteiger partial charge in [0.2, 0.25) is 0 Å². The molecule has 0 atom stereocenters. The largest absolute Gasteiger partial charge is 0.469 e. The average Bonchev–Trinajstić information content (AvgIpc) is 2.25. The van der Waals surface area contributed by atoms with Gasteiger partial charge in [-0.2, -0.15) is 0 Å². The van der Waals surface area contributed by atoms with Crippen molar-refractivity contribution in [3.8, 4) is 0 Å². The van der Waals surface area contributed by atoms with Crippen molar-refractivity contribution in [3.63, 3.8) is 0 Å². The van der Waals surface area contributed by atoms with Crippen LogP contribution in [0, 0.1) is 5.82 Å². The quantitative estimate of drug-likeness (QED) is 0.799. The Bertz CT molecular complexity index is 391. The van der Waals surface area contributed by atoms with Crippen molar-refractivity contribution < 1.29 is 13.9 Å². The van der Waals surface area contributed by atoms with Gasteiger partial charge in [-0.15, -0.1) is 0 Å². The molecule has 0 saturated carbocycles. The Labute approximate surface area is 101 Å². The lowest BCUT2D eigenvalue weighted by Crippen LogP contribution is -2.22. The van der Waals surface area contributed by atoms with Crippen LogP contribution in [0.4, 0.5) is 4.39 Å². The van der Waals surface area contributed by atoms with Crippen LogP contribution in [0.2, 0.25) is 0 Å². The molecule has 0 heterocycles. The summed E-state index contributed by atoms with van der Waals surface area (Å²) in [6.07, 6.45) is 0.100. The molecule has 17 heavy (non-hydrogen) atoms. The Kier molecular flexibility index (Phi) is 5.10. The fraction of sp³-hybridized carbons (Fsp3) is 0.462. The Morgan fingerprint density at radius 1 is 1.35 bits per heavy atom. The molecular formula is C13H18FNO2. The number of halogens is 1. The van der Waals surface area contributed by atoms with Gasteiger partial charge in [0.15, 0.2) is 0 Å². The molecule has 0 radical (unpaired) electrons. The van der Waals surface area contributed by atoms with E-state index < -0.39 is 0 Å². The van der Waals surface area contributed by atoms with E-state index in [-0.39, 0.29) is 18.2 Å². The fourth-order valence-electron chi connectivity index (χ4n) is 1.48. The highest BCUT2D eigenvalue weighted by molar-refractivity contribution is 5.72. The van der Waals surface area contributed by atoms with Crippen LogP contribution in [0.25, 0.3) is 0 Å². The number of hydrogen-bond donors (Lipinski definition) is 1. The number of ether oxygens (including phenoxy) is 1. The Hall–Kier alpha value is -1.42. The first-order chi connectivity index (χ1) is 8.01. The summed E-state index contributed by atoms with van der Waals surface area (Å²) in [5.74, 6) is -0.690. The van der Waals surface area contributed by atoms with Crippen molar-refractivity contribution in [2.75, 3.05) is 7.11 Å². The van der Waals surface area contributed by atoms with Crippen LogP contribution >= 0.6 is 0 Å². The van der Waals surface area contributed by atoms with Gasteiger partial charge in [-0.25, -0.2) is 4.39 Å². The monoisotopic (exact) mass is 239 g/mol. The van der Waals surface area contributed by atoms with Gasteiger partial charge in [0.25, 0.3) is 0 Å². The van der Waals surface area contributed by atoms with Crippen molar-refractivity contribution in [1.29, 1.82) is 0 Å². The molecule has 1 aromatic carbocycles. The van der Waals surface area contributed by atoms with Gasteiger partial charge in [-0.1, -0.05) is 19.9 Å². The topological polar surface area (TPSA) is 38.3 Å². The van der Waals surface area contributed by atoms with Crippen LogP contribution in [0.5, 0.6) is 0 Å². The number of carbonyl (C=O) groups is 1. The minimum atomic E-state index is -0.363. The third-order valence-electron chi connectivity index (χ3n) is 2.31. The van der Waals surface area contributed by atoms with Gasteiger partial charge in [-0.3, -0.25) is 4.79 Å². The minimum Gasteiger partial charge on any atom is -0.469 e. The molecule has 0 fully saturated rings. The number of nitrogens with one attached hydrogen (secondary N) is 1. The maximum absolute atomic E-state index is 13.3. The molecule has 0 aromatic heterocycles. The SMILES string of the molecule is COC(=O)Cc1cc(F)cc(CNC(C)C)c1. The highest BCUT2D eigenvalue weighted by Gasteiger charge is 2.06. The van der Waals surface area contributed by atoms with Crippen molar-refractivity contribution in [1.82, 2.24) is 5.32 Å². The van der Waals surface area contributed by atoms with Gasteiger partial charge >= 0.3 is 5.97 Å². The van der Waals surface area contributed by atoms with Gasteiger partial charge < -0.3 is 10.1 Å². The first-order valence-electron chi connectivity index (χ1n) is 5.60. The first kappa shape index (κ1) is 13.6. The number of methoxy groups -OCH3 is 1. The second-order valence-electron chi connectivity index (χ2n) is 4.26. The summed E-state index contributed by atoms with van der Waals surface area (Å²) < 4.78 is 17.9. The zero-order chi connectivity index (χ0) is 12.8. The van der Waals surface area contributed by atoms with E-state index in [1.54, 1.807) is 0 Å². The molecule has 0 aliphatic heterocycles. The first-order valence-corrected chi connectivity index (χ1v) is 5.60. The van der Waals surface area contributed by atoms with E-state index >= 15 is 0 Å². The van der Waals surface area contributed by atoms with Gasteiger partial charge in [0.1, 0.15) is 5.82 Å². The van der Waals surface area contributed by atoms with E-state index in [2.05, 4.69) is 10.1 Å². The lowest BCUT2D eigenvalue weighted by molar-refractivity contribution is -0.139. The van der Waals surface area contributed by atoms with E-state index in [1.807, 2.05) is 19.9 Å². The number of carbonyl (C=O) groups excluding carboxylic acids is 1. The molecule has 94 valence electrons. The van der Waals surface area contributed by atoms with Crippen molar-refractivity contribution in [3.05, 3.63) is 35.1 Å². The minimum absolute atomic E-state index is 0.100. The number of esters is 1. The van der Waals surface area contributed by atoms with Gasteiger partial charge in [0, 0.05) is 12.6 Å². The van der Waals surface area contributed by atoms with Crippen LogP contribution in [0.3, 0.4) is 0 Å². The van der Waals surface area contributed by atoms with Gasteiger partial charge in [0.05, 0.1) is 13.5 Å². The van der Waals surface area contributed by atoms with Crippen LogP contribution in [0.1, 0.15) is 25.0 Å². The maximum Gasteiger partial charge on any atom is 0.309 e. The molecule has 1 N–H and O–H groups in total.